The molecule has 0 unspecified atom stereocenters. The molecule has 1 aromatic rings. The van der Waals surface area contributed by atoms with Gasteiger partial charge in [0, 0.05) is 38.8 Å². The van der Waals surface area contributed by atoms with Gasteiger partial charge in [-0.1, -0.05) is 0 Å². The van der Waals surface area contributed by atoms with E-state index < -0.39 is 0 Å². The maximum absolute atomic E-state index is 13.2. The zero-order valence-corrected chi connectivity index (χ0v) is 14.7. The van der Waals surface area contributed by atoms with Gasteiger partial charge < -0.3 is 18.8 Å². The number of rotatable bonds is 2. The molecule has 132 valence electrons. The number of ether oxygens (including phenoxy) is 2. The van der Waals surface area contributed by atoms with Crippen molar-refractivity contribution in [2.24, 2.45) is 0 Å². The van der Waals surface area contributed by atoms with Gasteiger partial charge in [-0.25, -0.2) is 0 Å². The second-order valence-electron chi connectivity index (χ2n) is 7.38. The summed E-state index contributed by atoms with van der Waals surface area (Å²) in [6.07, 6.45) is 7.16. The van der Waals surface area contributed by atoms with Gasteiger partial charge in [0.25, 0.3) is 5.91 Å². The molecule has 0 saturated carbocycles. The molecule has 1 aliphatic carbocycles. The molecule has 3 heterocycles. The molecule has 24 heavy (non-hydrogen) atoms. The van der Waals surface area contributed by atoms with Gasteiger partial charge in [-0.2, -0.15) is 0 Å². The van der Waals surface area contributed by atoms with E-state index in [1.54, 1.807) is 7.11 Å². The van der Waals surface area contributed by atoms with Crippen LogP contribution in [0.5, 0.6) is 0 Å². The number of nitrogens with zero attached hydrogens (tertiary/aromatic N) is 1. The van der Waals surface area contributed by atoms with Crippen LogP contribution in [0.25, 0.3) is 0 Å². The lowest BCUT2D eigenvalue weighted by Gasteiger charge is -2.44. The van der Waals surface area contributed by atoms with E-state index in [0.717, 1.165) is 80.7 Å². The number of methoxy groups -OCH3 is 1. The number of hydrogen-bond donors (Lipinski definition) is 0. The highest BCUT2D eigenvalue weighted by atomic mass is 16.5. The summed E-state index contributed by atoms with van der Waals surface area (Å²) in [4.78, 5) is 15.1. The second kappa shape index (κ2) is 6.19. The summed E-state index contributed by atoms with van der Waals surface area (Å²) in [7, 11) is 1.73. The zero-order valence-electron chi connectivity index (χ0n) is 14.7. The first-order chi connectivity index (χ1) is 11.6. The highest BCUT2D eigenvalue weighted by Crippen LogP contribution is 2.38. The van der Waals surface area contributed by atoms with E-state index in [1.807, 2.05) is 11.8 Å². The molecule has 3 aliphatic rings. The quantitative estimate of drug-likeness (QED) is 0.835. The zero-order chi connectivity index (χ0) is 16.7. The van der Waals surface area contributed by atoms with Crippen molar-refractivity contribution in [1.29, 1.82) is 0 Å². The number of amides is 1. The lowest BCUT2D eigenvalue weighted by Crippen LogP contribution is -2.57. The molecule has 1 spiro atoms. The number of furan rings is 1. The molecule has 0 bridgehead atoms. The first-order valence-electron chi connectivity index (χ1n) is 9.22. The number of hydrogen-bond acceptors (Lipinski definition) is 4. The summed E-state index contributed by atoms with van der Waals surface area (Å²) >= 11 is 0. The number of likely N-dealkylation sites (tertiary alicyclic amines) is 1. The normalized spacial score (nSPS) is 29.9. The van der Waals surface area contributed by atoms with Crippen LogP contribution < -0.4 is 0 Å². The Kier molecular flexibility index (Phi) is 4.17. The van der Waals surface area contributed by atoms with Crippen molar-refractivity contribution >= 4 is 5.91 Å². The third-order valence-electron chi connectivity index (χ3n) is 6.04. The van der Waals surface area contributed by atoms with Gasteiger partial charge in [0.2, 0.25) is 0 Å². The average molecular weight is 333 g/mol. The van der Waals surface area contributed by atoms with E-state index in [1.165, 1.54) is 0 Å². The van der Waals surface area contributed by atoms with Gasteiger partial charge >= 0.3 is 0 Å². The van der Waals surface area contributed by atoms with Crippen LogP contribution in [-0.2, 0) is 22.3 Å². The third-order valence-corrected chi connectivity index (χ3v) is 6.04. The van der Waals surface area contributed by atoms with E-state index >= 15 is 0 Å². The Morgan fingerprint density at radius 2 is 2.08 bits per heavy atom. The van der Waals surface area contributed by atoms with E-state index in [-0.39, 0.29) is 17.6 Å². The van der Waals surface area contributed by atoms with Crippen molar-refractivity contribution < 1.29 is 18.7 Å². The summed E-state index contributed by atoms with van der Waals surface area (Å²) in [5.74, 6) is 1.91. The summed E-state index contributed by atoms with van der Waals surface area (Å²) in [5, 5.41) is 0. The fraction of sp³-hybridized carbons (Fsp3) is 0.737. The van der Waals surface area contributed by atoms with Gasteiger partial charge in [-0.15, -0.1) is 0 Å². The van der Waals surface area contributed by atoms with Gasteiger partial charge in [0.05, 0.1) is 11.2 Å². The van der Waals surface area contributed by atoms with Crippen LogP contribution in [0.4, 0.5) is 0 Å². The van der Waals surface area contributed by atoms with Crippen LogP contribution >= 0.6 is 0 Å². The Morgan fingerprint density at radius 3 is 2.83 bits per heavy atom. The molecular weight excluding hydrogens is 306 g/mol. The standard InChI is InChI=1S/C19H27NO4/c1-13-17(14-6-3-4-7-15(14)24-13)18(21)20-10-9-19(8-5-11-23-19)16(12-20)22-2/h16H,3-12H2,1-2H3/t16-,19-/m0/s1. The molecule has 0 radical (unpaired) electrons. The molecule has 1 aromatic heterocycles. The fourth-order valence-electron chi connectivity index (χ4n) is 4.73. The largest absolute Gasteiger partial charge is 0.465 e. The first kappa shape index (κ1) is 16.2. The number of piperidine rings is 1. The predicted octanol–water partition coefficient (Wildman–Crippen LogP) is 2.88. The molecule has 4 rings (SSSR count). The number of aryl methyl sites for hydroxylation is 2. The minimum atomic E-state index is -0.184. The lowest BCUT2D eigenvalue weighted by molar-refractivity contribution is -0.136. The average Bonchev–Trinajstić information content (AvgIpc) is 3.19. The fourth-order valence-corrected chi connectivity index (χ4v) is 4.73. The topological polar surface area (TPSA) is 51.9 Å². The molecule has 0 aromatic carbocycles. The Balaban J connectivity index is 1.57. The van der Waals surface area contributed by atoms with Crippen molar-refractivity contribution in [3.8, 4) is 0 Å². The summed E-state index contributed by atoms with van der Waals surface area (Å²) in [6.45, 7) is 4.07. The van der Waals surface area contributed by atoms with Crippen molar-refractivity contribution in [2.75, 3.05) is 26.8 Å². The van der Waals surface area contributed by atoms with Crippen molar-refractivity contribution in [3.63, 3.8) is 0 Å². The predicted molar refractivity (Wildman–Crippen MR) is 89.3 cm³/mol. The van der Waals surface area contributed by atoms with Crippen LogP contribution in [0.1, 0.15) is 59.5 Å². The smallest absolute Gasteiger partial charge is 0.257 e. The maximum Gasteiger partial charge on any atom is 0.257 e. The van der Waals surface area contributed by atoms with E-state index in [0.29, 0.717) is 6.54 Å². The Morgan fingerprint density at radius 1 is 1.25 bits per heavy atom. The minimum Gasteiger partial charge on any atom is -0.465 e. The van der Waals surface area contributed by atoms with Crippen LogP contribution in [-0.4, -0.2) is 49.3 Å². The minimum absolute atomic E-state index is 0.0410. The van der Waals surface area contributed by atoms with Crippen molar-refractivity contribution in [1.82, 2.24) is 4.90 Å². The van der Waals surface area contributed by atoms with Gasteiger partial charge in [-0.05, 0) is 45.4 Å². The van der Waals surface area contributed by atoms with Crippen LogP contribution in [0.3, 0.4) is 0 Å². The third kappa shape index (κ3) is 2.49. The summed E-state index contributed by atoms with van der Waals surface area (Å²) in [6, 6.07) is 0. The monoisotopic (exact) mass is 333 g/mol. The Hall–Kier alpha value is -1.33. The Labute approximate surface area is 143 Å². The molecule has 2 atom stereocenters. The SMILES string of the molecule is CO[C@H]1CN(C(=O)c2c(C)oc3c2CCCC3)CC[C@@]12CCCO2. The van der Waals surface area contributed by atoms with Crippen LogP contribution in [0.15, 0.2) is 4.42 Å². The molecular formula is C19H27NO4. The number of fused-ring (bicyclic) bond motifs is 1. The van der Waals surface area contributed by atoms with Crippen LogP contribution in [0, 0.1) is 6.92 Å². The molecule has 5 heteroatoms. The van der Waals surface area contributed by atoms with E-state index in [2.05, 4.69) is 0 Å². The summed E-state index contributed by atoms with van der Waals surface area (Å²) < 4.78 is 17.7. The van der Waals surface area contributed by atoms with E-state index in [4.69, 9.17) is 13.9 Å². The van der Waals surface area contributed by atoms with Crippen molar-refractivity contribution in [2.45, 2.75) is 63.6 Å². The second-order valence-corrected chi connectivity index (χ2v) is 7.38. The van der Waals surface area contributed by atoms with E-state index in [9.17, 15) is 4.79 Å². The van der Waals surface area contributed by atoms with Gasteiger partial charge in [0.1, 0.15) is 17.6 Å². The molecule has 2 fully saturated rings. The molecule has 1 amide bonds. The summed E-state index contributed by atoms with van der Waals surface area (Å²) in [5.41, 5.74) is 1.77. The maximum atomic E-state index is 13.2. The first-order valence-corrected chi connectivity index (χ1v) is 9.22. The number of carbonyl (C=O) groups excluding carboxylic acids is 1. The molecule has 2 aliphatic heterocycles. The van der Waals surface area contributed by atoms with Gasteiger partial charge in [0.15, 0.2) is 0 Å². The molecule has 5 nitrogen and oxygen atoms in total. The van der Waals surface area contributed by atoms with Crippen LogP contribution in [0.2, 0.25) is 0 Å². The molecule has 0 N–H and O–H groups in total. The molecule has 2 saturated heterocycles. The highest BCUT2D eigenvalue weighted by Gasteiger charge is 2.48. The highest BCUT2D eigenvalue weighted by molar-refractivity contribution is 5.97. The van der Waals surface area contributed by atoms with Crippen molar-refractivity contribution in [3.05, 3.63) is 22.6 Å². The Bertz CT molecular complexity index is 630. The van der Waals surface area contributed by atoms with Gasteiger partial charge in [-0.3, -0.25) is 4.79 Å². The number of carbonyl (C=O) groups is 1. The lowest BCUT2D eigenvalue weighted by atomic mass is 9.85.